The number of aromatic nitrogens is 3. The lowest BCUT2D eigenvalue weighted by Gasteiger charge is -2.14. The molecule has 0 radical (unpaired) electrons. The third kappa shape index (κ3) is 3.71. The van der Waals surface area contributed by atoms with Gasteiger partial charge >= 0.3 is 0 Å². The SMILES string of the molecule is CC(C)c1ccc2c(Nc3ccccc3Oc3ccc(O)cc3)ncnc2n1. The Hall–Kier alpha value is -3.67. The van der Waals surface area contributed by atoms with E-state index in [0.717, 1.165) is 16.8 Å². The van der Waals surface area contributed by atoms with Gasteiger partial charge in [-0.25, -0.2) is 15.0 Å². The van der Waals surface area contributed by atoms with E-state index in [-0.39, 0.29) is 5.75 Å². The fourth-order valence-corrected chi connectivity index (χ4v) is 2.81. The maximum Gasteiger partial charge on any atom is 0.164 e. The maximum absolute atomic E-state index is 9.44. The zero-order valence-corrected chi connectivity index (χ0v) is 15.6. The molecule has 6 heteroatoms. The molecule has 0 spiro atoms. The summed E-state index contributed by atoms with van der Waals surface area (Å²) >= 11 is 0. The molecule has 2 aromatic heterocycles. The molecule has 2 N–H and O–H groups in total. The highest BCUT2D eigenvalue weighted by Crippen LogP contribution is 2.33. The van der Waals surface area contributed by atoms with Gasteiger partial charge in [-0.2, -0.15) is 0 Å². The Bertz CT molecular complexity index is 1110. The van der Waals surface area contributed by atoms with Gasteiger partial charge in [0.2, 0.25) is 0 Å². The van der Waals surface area contributed by atoms with Gasteiger partial charge in [-0.1, -0.05) is 26.0 Å². The Morgan fingerprint density at radius 2 is 1.71 bits per heavy atom. The normalized spacial score (nSPS) is 11.0. The molecule has 0 fully saturated rings. The van der Waals surface area contributed by atoms with Crippen molar-refractivity contribution >= 4 is 22.5 Å². The zero-order chi connectivity index (χ0) is 19.5. The van der Waals surface area contributed by atoms with E-state index in [1.807, 2.05) is 36.4 Å². The number of hydrogen-bond acceptors (Lipinski definition) is 6. The Balaban J connectivity index is 1.67. The third-order valence-electron chi connectivity index (χ3n) is 4.31. The molecule has 0 amide bonds. The van der Waals surface area contributed by atoms with Crippen LogP contribution in [0.2, 0.25) is 0 Å². The molecule has 0 aliphatic carbocycles. The molecule has 0 atom stereocenters. The standard InChI is InChI=1S/C22H20N4O2/c1-14(2)18-12-11-17-21(25-18)23-13-24-22(17)26-19-5-3-4-6-20(19)28-16-9-7-15(27)8-10-16/h3-14,27H,1-2H3,(H,23,24,25,26). The Morgan fingerprint density at radius 3 is 2.50 bits per heavy atom. The summed E-state index contributed by atoms with van der Waals surface area (Å²) < 4.78 is 5.97. The van der Waals surface area contributed by atoms with E-state index in [1.165, 1.54) is 6.33 Å². The topological polar surface area (TPSA) is 80.2 Å². The number of para-hydroxylation sites is 2. The number of pyridine rings is 1. The molecule has 6 nitrogen and oxygen atoms in total. The molecule has 0 saturated heterocycles. The Labute approximate surface area is 162 Å². The van der Waals surface area contributed by atoms with Crippen molar-refractivity contribution in [3.63, 3.8) is 0 Å². The molecular weight excluding hydrogens is 352 g/mol. The van der Waals surface area contributed by atoms with Gasteiger partial charge in [-0.3, -0.25) is 0 Å². The highest BCUT2D eigenvalue weighted by atomic mass is 16.5. The van der Waals surface area contributed by atoms with Gasteiger partial charge in [0.25, 0.3) is 0 Å². The fourth-order valence-electron chi connectivity index (χ4n) is 2.81. The number of nitrogens with one attached hydrogen (secondary N) is 1. The van der Waals surface area contributed by atoms with Gasteiger partial charge < -0.3 is 15.2 Å². The number of anilines is 2. The number of ether oxygens (including phenoxy) is 1. The first kappa shape index (κ1) is 17.7. The minimum atomic E-state index is 0.194. The lowest BCUT2D eigenvalue weighted by molar-refractivity contribution is 0.465. The second-order valence-electron chi connectivity index (χ2n) is 6.70. The van der Waals surface area contributed by atoms with Crippen molar-refractivity contribution in [2.75, 3.05) is 5.32 Å². The lowest BCUT2D eigenvalue weighted by Crippen LogP contribution is -2.00. The summed E-state index contributed by atoms with van der Waals surface area (Å²) in [5.74, 6) is 2.46. The van der Waals surface area contributed by atoms with E-state index >= 15 is 0 Å². The summed E-state index contributed by atoms with van der Waals surface area (Å²) in [6.45, 7) is 4.21. The molecule has 28 heavy (non-hydrogen) atoms. The van der Waals surface area contributed by atoms with Crippen LogP contribution in [0.5, 0.6) is 17.2 Å². The van der Waals surface area contributed by atoms with Crippen LogP contribution in [0.25, 0.3) is 11.0 Å². The van der Waals surface area contributed by atoms with Crippen molar-refractivity contribution in [3.8, 4) is 17.2 Å². The van der Waals surface area contributed by atoms with E-state index in [0.29, 0.717) is 28.9 Å². The lowest BCUT2D eigenvalue weighted by atomic mass is 10.1. The van der Waals surface area contributed by atoms with Gasteiger partial charge in [0.1, 0.15) is 23.6 Å². The minimum absolute atomic E-state index is 0.194. The molecule has 0 aliphatic rings. The van der Waals surface area contributed by atoms with Crippen molar-refractivity contribution in [1.82, 2.24) is 15.0 Å². The van der Waals surface area contributed by atoms with Crippen molar-refractivity contribution in [2.24, 2.45) is 0 Å². The first-order chi connectivity index (χ1) is 13.6. The summed E-state index contributed by atoms with van der Waals surface area (Å²) in [6.07, 6.45) is 1.51. The Morgan fingerprint density at radius 1 is 0.929 bits per heavy atom. The van der Waals surface area contributed by atoms with Crippen LogP contribution in [0, 0.1) is 0 Å². The van der Waals surface area contributed by atoms with Crippen LogP contribution >= 0.6 is 0 Å². The van der Waals surface area contributed by atoms with Crippen LogP contribution in [0.4, 0.5) is 11.5 Å². The van der Waals surface area contributed by atoms with Crippen LogP contribution in [-0.2, 0) is 0 Å². The van der Waals surface area contributed by atoms with E-state index < -0.39 is 0 Å². The van der Waals surface area contributed by atoms with E-state index in [1.54, 1.807) is 24.3 Å². The average Bonchev–Trinajstić information content (AvgIpc) is 2.71. The monoisotopic (exact) mass is 372 g/mol. The molecule has 0 bridgehead atoms. The first-order valence-corrected chi connectivity index (χ1v) is 9.05. The number of aromatic hydroxyl groups is 1. The largest absolute Gasteiger partial charge is 0.508 e. The summed E-state index contributed by atoms with van der Waals surface area (Å²) in [5.41, 5.74) is 2.41. The average molecular weight is 372 g/mol. The van der Waals surface area contributed by atoms with Crippen LogP contribution < -0.4 is 10.1 Å². The molecule has 4 rings (SSSR count). The van der Waals surface area contributed by atoms with Gasteiger partial charge in [0.15, 0.2) is 11.4 Å². The number of fused-ring (bicyclic) bond motifs is 1. The van der Waals surface area contributed by atoms with E-state index in [2.05, 4.69) is 34.1 Å². The second kappa shape index (κ2) is 7.52. The number of phenols is 1. The zero-order valence-electron chi connectivity index (χ0n) is 15.6. The van der Waals surface area contributed by atoms with E-state index in [9.17, 15) is 5.11 Å². The van der Waals surface area contributed by atoms with Crippen LogP contribution in [-0.4, -0.2) is 20.1 Å². The number of benzene rings is 2. The van der Waals surface area contributed by atoms with Crippen molar-refractivity contribution in [2.45, 2.75) is 19.8 Å². The second-order valence-corrected chi connectivity index (χ2v) is 6.70. The number of rotatable bonds is 5. The van der Waals surface area contributed by atoms with Crippen molar-refractivity contribution in [3.05, 3.63) is 72.7 Å². The van der Waals surface area contributed by atoms with Gasteiger partial charge in [0, 0.05) is 5.69 Å². The van der Waals surface area contributed by atoms with Crippen LogP contribution in [0.3, 0.4) is 0 Å². The predicted octanol–water partition coefficient (Wildman–Crippen LogP) is 5.39. The molecule has 4 aromatic rings. The highest BCUT2D eigenvalue weighted by molar-refractivity contribution is 5.89. The van der Waals surface area contributed by atoms with Crippen LogP contribution in [0.15, 0.2) is 67.0 Å². The van der Waals surface area contributed by atoms with Crippen molar-refractivity contribution in [1.29, 1.82) is 0 Å². The Kier molecular flexibility index (Phi) is 4.76. The van der Waals surface area contributed by atoms with Gasteiger partial charge in [0.05, 0.1) is 11.1 Å². The molecule has 0 unspecified atom stereocenters. The predicted molar refractivity (Wildman–Crippen MR) is 109 cm³/mol. The number of nitrogens with zero attached hydrogens (tertiary/aromatic N) is 3. The number of phenolic OH excluding ortho intramolecular Hbond substituents is 1. The summed E-state index contributed by atoms with van der Waals surface area (Å²) in [6, 6.07) is 18.2. The highest BCUT2D eigenvalue weighted by Gasteiger charge is 2.11. The molecular formula is C22H20N4O2. The molecule has 0 aliphatic heterocycles. The van der Waals surface area contributed by atoms with E-state index in [4.69, 9.17) is 4.74 Å². The molecule has 2 aromatic carbocycles. The number of hydrogen-bond donors (Lipinski definition) is 2. The van der Waals surface area contributed by atoms with Crippen LogP contribution in [0.1, 0.15) is 25.5 Å². The molecule has 2 heterocycles. The quantitative estimate of drug-likeness (QED) is 0.489. The van der Waals surface area contributed by atoms with Gasteiger partial charge in [-0.05, 0) is 54.4 Å². The first-order valence-electron chi connectivity index (χ1n) is 9.05. The molecule has 140 valence electrons. The third-order valence-corrected chi connectivity index (χ3v) is 4.31. The van der Waals surface area contributed by atoms with Crippen molar-refractivity contribution < 1.29 is 9.84 Å². The summed E-state index contributed by atoms with van der Waals surface area (Å²) in [4.78, 5) is 13.3. The summed E-state index contributed by atoms with van der Waals surface area (Å²) in [7, 11) is 0. The van der Waals surface area contributed by atoms with Gasteiger partial charge in [-0.15, -0.1) is 0 Å². The fraction of sp³-hybridized carbons (Fsp3) is 0.136. The maximum atomic E-state index is 9.44. The molecule has 0 saturated carbocycles. The smallest absolute Gasteiger partial charge is 0.164 e. The minimum Gasteiger partial charge on any atom is -0.508 e. The summed E-state index contributed by atoms with van der Waals surface area (Å²) in [5, 5.41) is 13.6.